The standard InChI is InChI=1S/C39H49N7O4S.H2/c1-25(2)33-15-10-16-46(33)35-21-40-20-29(41-35)22-45-23-34(47)28-13-9-14-31(17-28)51(48,49)44-38-42-32(37-26(3)11-8-12-27(37)4)18-36(43-38)50-24-30(45)19-39(5,6)7;/h8-9,11-14,17-18,20-21,25,30,33H,10,15-16,19,22-24H2,1-7H3,(H,42,43,44);1H/t30-,33?;/m1./s1. The number of aromatic nitrogens is 4. The average Bonchev–Trinajstić information content (AvgIpc) is 3.56. The second-order valence-corrected chi connectivity index (χ2v) is 17.1. The molecule has 1 N–H and O–H groups in total. The minimum atomic E-state index is -4.15. The molecule has 2 aromatic carbocycles. The van der Waals surface area contributed by atoms with Gasteiger partial charge in [0.2, 0.25) is 11.8 Å². The molecule has 1 saturated heterocycles. The van der Waals surface area contributed by atoms with Gasteiger partial charge in [0.15, 0.2) is 5.78 Å². The molecule has 2 aromatic heterocycles. The number of ketones is 1. The highest BCUT2D eigenvalue weighted by molar-refractivity contribution is 7.92. The highest BCUT2D eigenvalue weighted by atomic mass is 32.2. The predicted octanol–water partition coefficient (Wildman–Crippen LogP) is 7.10. The van der Waals surface area contributed by atoms with Crippen LogP contribution in [-0.4, -0.2) is 70.8 Å². The van der Waals surface area contributed by atoms with Crippen molar-refractivity contribution in [3.63, 3.8) is 0 Å². The van der Waals surface area contributed by atoms with Crippen LogP contribution in [0.15, 0.2) is 65.8 Å². The Bertz CT molecular complexity index is 2000. The molecular formula is C39H51N7O4S. The normalized spacial score (nSPS) is 19.8. The van der Waals surface area contributed by atoms with Crippen molar-refractivity contribution < 1.29 is 19.4 Å². The fraction of sp³-hybridized carbons (Fsp3) is 0.462. The van der Waals surface area contributed by atoms with E-state index in [1.165, 1.54) is 12.1 Å². The zero-order valence-corrected chi connectivity index (χ0v) is 31.5. The summed E-state index contributed by atoms with van der Waals surface area (Å²) in [6, 6.07) is 14.0. The van der Waals surface area contributed by atoms with Gasteiger partial charge in [-0.15, -0.1) is 0 Å². The summed E-state index contributed by atoms with van der Waals surface area (Å²) >= 11 is 0. The third-order valence-corrected chi connectivity index (χ3v) is 11.0. The van der Waals surface area contributed by atoms with Gasteiger partial charge in [-0.2, -0.15) is 4.98 Å². The van der Waals surface area contributed by atoms with Crippen molar-refractivity contribution in [2.45, 2.75) is 91.3 Å². The number of ether oxygens (including phenoxy) is 1. The maximum absolute atomic E-state index is 14.0. The molecule has 1 fully saturated rings. The van der Waals surface area contributed by atoms with Gasteiger partial charge in [-0.05, 0) is 67.7 Å². The van der Waals surface area contributed by atoms with Crippen LogP contribution in [0.3, 0.4) is 0 Å². The van der Waals surface area contributed by atoms with Crippen molar-refractivity contribution in [1.29, 1.82) is 0 Å². The number of nitrogens with one attached hydrogen (secondary N) is 1. The first-order valence-electron chi connectivity index (χ1n) is 17.7. The first-order chi connectivity index (χ1) is 24.2. The number of hydrogen-bond donors (Lipinski definition) is 1. The zero-order valence-electron chi connectivity index (χ0n) is 30.7. The Hall–Kier alpha value is -4.42. The van der Waals surface area contributed by atoms with Crippen LogP contribution in [0.2, 0.25) is 0 Å². The number of Topliss-reactive ketones (excluding diaryl/α,β-unsaturated/α-hetero) is 1. The molecule has 4 aromatic rings. The maximum Gasteiger partial charge on any atom is 0.264 e. The molecule has 2 atom stereocenters. The Labute approximate surface area is 303 Å². The number of nitrogens with zero attached hydrogens (tertiary/aromatic N) is 6. The van der Waals surface area contributed by atoms with Crippen LogP contribution in [0.5, 0.6) is 5.88 Å². The number of rotatable bonds is 6. The van der Waals surface area contributed by atoms with Crippen LogP contribution >= 0.6 is 0 Å². The van der Waals surface area contributed by atoms with Crippen molar-refractivity contribution in [1.82, 2.24) is 24.8 Å². The van der Waals surface area contributed by atoms with E-state index in [4.69, 9.17) is 9.72 Å². The van der Waals surface area contributed by atoms with Gasteiger partial charge in [0.25, 0.3) is 10.0 Å². The molecule has 0 aliphatic carbocycles. The number of anilines is 2. The molecule has 6 rings (SSSR count). The lowest BCUT2D eigenvalue weighted by Crippen LogP contribution is -2.44. The summed E-state index contributed by atoms with van der Waals surface area (Å²) in [4.78, 5) is 37.3. The van der Waals surface area contributed by atoms with Crippen molar-refractivity contribution in [3.05, 3.63) is 83.3 Å². The van der Waals surface area contributed by atoms with Crippen LogP contribution in [0.25, 0.3) is 11.3 Å². The summed E-state index contributed by atoms with van der Waals surface area (Å²) in [6.07, 6.45) is 6.52. The van der Waals surface area contributed by atoms with Crippen LogP contribution < -0.4 is 14.4 Å². The van der Waals surface area contributed by atoms with Crippen molar-refractivity contribution in [2.75, 3.05) is 29.3 Å². The molecule has 1 unspecified atom stereocenters. The number of sulfonamides is 1. The Morgan fingerprint density at radius 1 is 1.02 bits per heavy atom. The first kappa shape index (κ1) is 36.4. The van der Waals surface area contributed by atoms with E-state index in [-0.39, 0.29) is 54.1 Å². The number of aryl methyl sites for hydroxylation is 2. The molecule has 0 amide bonds. The van der Waals surface area contributed by atoms with Crippen LogP contribution in [0.1, 0.15) is 82.5 Å². The smallest absolute Gasteiger partial charge is 0.264 e. The quantitative estimate of drug-likeness (QED) is 0.221. The van der Waals surface area contributed by atoms with Crippen molar-refractivity contribution in [3.8, 4) is 17.1 Å². The molecule has 51 heavy (non-hydrogen) atoms. The highest BCUT2D eigenvalue weighted by Gasteiger charge is 2.31. The van der Waals surface area contributed by atoms with Gasteiger partial charge in [0.05, 0.1) is 29.0 Å². The molecule has 2 aliphatic heterocycles. The Morgan fingerprint density at radius 2 is 1.76 bits per heavy atom. The van der Waals surface area contributed by atoms with Gasteiger partial charge in [0, 0.05) is 50.0 Å². The fourth-order valence-electron chi connectivity index (χ4n) is 7.27. The summed E-state index contributed by atoms with van der Waals surface area (Å²) in [6.45, 7) is 16.5. The van der Waals surface area contributed by atoms with Crippen molar-refractivity contribution >= 4 is 27.6 Å². The monoisotopic (exact) mass is 713 g/mol. The van der Waals surface area contributed by atoms with E-state index < -0.39 is 10.0 Å². The fourth-order valence-corrected chi connectivity index (χ4v) is 8.26. The van der Waals surface area contributed by atoms with Gasteiger partial charge in [-0.1, -0.05) is 65.0 Å². The maximum atomic E-state index is 14.0. The van der Waals surface area contributed by atoms with E-state index in [0.717, 1.165) is 47.6 Å². The molecule has 4 heterocycles. The third kappa shape index (κ3) is 8.56. The minimum Gasteiger partial charge on any atom is -0.476 e. The van der Waals surface area contributed by atoms with Gasteiger partial charge >= 0.3 is 0 Å². The van der Waals surface area contributed by atoms with E-state index in [9.17, 15) is 13.2 Å². The molecule has 4 bridgehead atoms. The van der Waals surface area contributed by atoms with E-state index in [0.29, 0.717) is 30.6 Å². The summed E-state index contributed by atoms with van der Waals surface area (Å²) in [5.74, 6) is 1.24. The van der Waals surface area contributed by atoms with Crippen LogP contribution in [-0.2, 0) is 16.6 Å². The number of hydrogen-bond acceptors (Lipinski definition) is 10. The molecule has 0 radical (unpaired) electrons. The van der Waals surface area contributed by atoms with Crippen LogP contribution in [0.4, 0.5) is 11.8 Å². The van der Waals surface area contributed by atoms with E-state index in [1.807, 2.05) is 38.2 Å². The van der Waals surface area contributed by atoms with E-state index in [1.54, 1.807) is 24.4 Å². The van der Waals surface area contributed by atoms with Gasteiger partial charge in [-0.3, -0.25) is 14.7 Å². The number of fused-ring (bicyclic) bond motifs is 4. The average molecular weight is 714 g/mol. The van der Waals surface area contributed by atoms with Crippen molar-refractivity contribution in [2.24, 2.45) is 11.3 Å². The van der Waals surface area contributed by atoms with Crippen LogP contribution in [0, 0.1) is 25.2 Å². The predicted molar refractivity (Wildman–Crippen MR) is 202 cm³/mol. The van der Waals surface area contributed by atoms with E-state index in [2.05, 4.69) is 64.1 Å². The number of benzene rings is 2. The Morgan fingerprint density at radius 3 is 2.49 bits per heavy atom. The highest BCUT2D eigenvalue weighted by Crippen LogP contribution is 2.32. The molecule has 0 saturated carbocycles. The largest absolute Gasteiger partial charge is 0.476 e. The first-order valence-corrected chi connectivity index (χ1v) is 19.2. The molecule has 0 spiro atoms. The zero-order chi connectivity index (χ0) is 36.5. The summed E-state index contributed by atoms with van der Waals surface area (Å²) < 4.78 is 36.4. The van der Waals surface area contributed by atoms with Gasteiger partial charge < -0.3 is 9.64 Å². The third-order valence-electron chi connectivity index (χ3n) is 9.67. The SMILES string of the molecule is Cc1cccc(C)c1-c1cc2nc(n1)NS(=O)(=O)c1cccc(c1)C(=O)CN(Cc1cncc(N3CCCC3C(C)C)n1)[C@H](CC(C)(C)C)CO2.[HH]. The summed E-state index contributed by atoms with van der Waals surface area (Å²) in [7, 11) is -4.15. The van der Waals surface area contributed by atoms with Gasteiger partial charge in [0.1, 0.15) is 12.4 Å². The summed E-state index contributed by atoms with van der Waals surface area (Å²) in [5.41, 5.74) is 4.31. The van der Waals surface area contributed by atoms with E-state index >= 15 is 0 Å². The summed E-state index contributed by atoms with van der Waals surface area (Å²) in [5, 5.41) is 0. The topological polar surface area (TPSA) is 131 Å². The second kappa shape index (κ2) is 14.7. The molecule has 2 aliphatic rings. The molecule has 11 nitrogen and oxygen atoms in total. The minimum absolute atomic E-state index is 0. The Balaban J connectivity index is 0.00000523. The number of carbonyl (C=O) groups is 1. The lowest BCUT2D eigenvalue weighted by atomic mass is 9.87. The lowest BCUT2D eigenvalue weighted by Gasteiger charge is -2.35. The molecule has 12 heteroatoms. The molecular weight excluding hydrogens is 663 g/mol. The second-order valence-electron chi connectivity index (χ2n) is 15.4. The molecule has 272 valence electrons. The number of carbonyl (C=O) groups excluding carboxylic acids is 1. The van der Waals surface area contributed by atoms with Gasteiger partial charge in [-0.25, -0.2) is 23.1 Å². The Kier molecular flexibility index (Phi) is 10.5. The lowest BCUT2D eigenvalue weighted by molar-refractivity contribution is 0.0713.